The van der Waals surface area contributed by atoms with Gasteiger partial charge in [-0.2, -0.15) is 5.10 Å². The number of hydrogen-bond acceptors (Lipinski definition) is 5. The maximum Gasteiger partial charge on any atom is 0.235 e. The fourth-order valence-corrected chi connectivity index (χ4v) is 4.54. The molecule has 5 rings (SSSR count). The molecule has 3 aromatic carbocycles. The number of amides is 1. The molecule has 9 heteroatoms. The Labute approximate surface area is 212 Å². The molecule has 36 heavy (non-hydrogen) atoms. The van der Waals surface area contributed by atoms with Crippen molar-refractivity contribution in [2.75, 3.05) is 11.1 Å². The lowest BCUT2D eigenvalue weighted by molar-refractivity contribution is -0.113. The Hall–Kier alpha value is -4.24. The molecule has 1 amide bonds. The van der Waals surface area contributed by atoms with Gasteiger partial charge in [0.05, 0.1) is 18.0 Å². The van der Waals surface area contributed by atoms with Crippen molar-refractivity contribution in [2.45, 2.75) is 18.6 Å². The second-order valence-corrected chi connectivity index (χ2v) is 9.08. The summed E-state index contributed by atoms with van der Waals surface area (Å²) in [4.78, 5) is 12.9. The van der Waals surface area contributed by atoms with Crippen molar-refractivity contribution in [3.63, 3.8) is 0 Å². The standard InChI is InChI=1S/C27H23FN6OS/c1-19-16-24(33(32-19)17-20-8-4-2-5-9-20)29-25(35)18-36-27-31-30-26(21-12-14-22(28)15-13-21)34(27)23-10-6-3-7-11-23/h2-16H,17-18H2,1H3,(H,29,35). The van der Waals surface area contributed by atoms with Gasteiger partial charge in [-0.25, -0.2) is 9.07 Å². The van der Waals surface area contributed by atoms with E-state index in [1.54, 1.807) is 16.8 Å². The maximum atomic E-state index is 13.5. The first-order valence-electron chi connectivity index (χ1n) is 11.3. The van der Waals surface area contributed by atoms with Crippen molar-refractivity contribution in [3.8, 4) is 17.1 Å². The highest BCUT2D eigenvalue weighted by Crippen LogP contribution is 2.28. The Balaban J connectivity index is 1.34. The fourth-order valence-electron chi connectivity index (χ4n) is 3.79. The van der Waals surface area contributed by atoms with Crippen LogP contribution in [0.5, 0.6) is 0 Å². The number of para-hydroxylation sites is 1. The molecule has 5 aromatic rings. The summed E-state index contributed by atoms with van der Waals surface area (Å²) in [5, 5.41) is 16.7. The Kier molecular flexibility index (Phi) is 6.90. The SMILES string of the molecule is Cc1cc(NC(=O)CSc2nnc(-c3ccc(F)cc3)n2-c2ccccc2)n(Cc2ccccc2)n1. The minimum absolute atomic E-state index is 0.129. The monoisotopic (exact) mass is 498 g/mol. The zero-order valence-electron chi connectivity index (χ0n) is 19.5. The van der Waals surface area contributed by atoms with E-state index in [2.05, 4.69) is 20.6 Å². The molecule has 0 aliphatic rings. The molecule has 0 bridgehead atoms. The molecule has 7 nitrogen and oxygen atoms in total. The van der Waals surface area contributed by atoms with Crippen LogP contribution in [0, 0.1) is 12.7 Å². The summed E-state index contributed by atoms with van der Waals surface area (Å²) in [6.07, 6.45) is 0. The molecule has 0 saturated heterocycles. The number of carbonyl (C=O) groups excluding carboxylic acids is 1. The summed E-state index contributed by atoms with van der Waals surface area (Å²) in [5.41, 5.74) is 3.49. The third kappa shape index (κ3) is 5.36. The summed E-state index contributed by atoms with van der Waals surface area (Å²) >= 11 is 1.28. The first-order valence-corrected chi connectivity index (χ1v) is 12.3. The summed E-state index contributed by atoms with van der Waals surface area (Å²) in [6, 6.07) is 27.5. The fraction of sp³-hybridized carbons (Fsp3) is 0.111. The second-order valence-electron chi connectivity index (χ2n) is 8.14. The van der Waals surface area contributed by atoms with Crippen LogP contribution in [0.1, 0.15) is 11.3 Å². The molecular formula is C27H23FN6OS. The van der Waals surface area contributed by atoms with Crippen molar-refractivity contribution in [1.82, 2.24) is 24.5 Å². The van der Waals surface area contributed by atoms with E-state index in [1.165, 1.54) is 23.9 Å². The quantitative estimate of drug-likeness (QED) is 0.292. The van der Waals surface area contributed by atoms with E-state index < -0.39 is 0 Å². The molecule has 0 spiro atoms. The van der Waals surface area contributed by atoms with Gasteiger partial charge in [0.25, 0.3) is 0 Å². The van der Waals surface area contributed by atoms with Crippen LogP contribution in [0.4, 0.5) is 10.2 Å². The van der Waals surface area contributed by atoms with Gasteiger partial charge in [0.2, 0.25) is 5.91 Å². The van der Waals surface area contributed by atoms with Gasteiger partial charge >= 0.3 is 0 Å². The number of thioether (sulfide) groups is 1. The maximum absolute atomic E-state index is 13.5. The number of halogens is 1. The van der Waals surface area contributed by atoms with Crippen LogP contribution in [0.15, 0.2) is 96.2 Å². The summed E-state index contributed by atoms with van der Waals surface area (Å²) in [6.45, 7) is 2.45. The van der Waals surface area contributed by atoms with Crippen molar-refractivity contribution in [2.24, 2.45) is 0 Å². The predicted octanol–water partition coefficient (Wildman–Crippen LogP) is 5.36. The van der Waals surface area contributed by atoms with Crippen molar-refractivity contribution < 1.29 is 9.18 Å². The molecule has 2 aromatic heterocycles. The van der Waals surface area contributed by atoms with Gasteiger partial charge in [-0.3, -0.25) is 9.36 Å². The van der Waals surface area contributed by atoms with Crippen LogP contribution in [0.2, 0.25) is 0 Å². The van der Waals surface area contributed by atoms with E-state index in [4.69, 9.17) is 0 Å². The topological polar surface area (TPSA) is 77.6 Å². The molecule has 2 heterocycles. The van der Waals surface area contributed by atoms with Gasteiger partial charge in [0, 0.05) is 17.3 Å². The molecule has 0 saturated carbocycles. The summed E-state index contributed by atoms with van der Waals surface area (Å²) in [7, 11) is 0. The third-order valence-corrected chi connectivity index (χ3v) is 6.36. The smallest absolute Gasteiger partial charge is 0.235 e. The Morgan fingerprint density at radius 1 is 0.944 bits per heavy atom. The number of benzene rings is 3. The van der Waals surface area contributed by atoms with Gasteiger partial charge in [-0.15, -0.1) is 10.2 Å². The van der Waals surface area contributed by atoms with Crippen molar-refractivity contribution in [1.29, 1.82) is 0 Å². The number of hydrogen-bond donors (Lipinski definition) is 1. The molecule has 0 unspecified atom stereocenters. The molecule has 0 atom stereocenters. The average molecular weight is 499 g/mol. The highest BCUT2D eigenvalue weighted by molar-refractivity contribution is 7.99. The van der Waals surface area contributed by atoms with Crippen molar-refractivity contribution in [3.05, 3.63) is 108 Å². The number of anilines is 1. The van der Waals surface area contributed by atoms with E-state index in [9.17, 15) is 9.18 Å². The second kappa shape index (κ2) is 10.6. The van der Waals surface area contributed by atoms with E-state index in [0.717, 1.165) is 22.5 Å². The van der Waals surface area contributed by atoms with Gasteiger partial charge in [0.15, 0.2) is 11.0 Å². The minimum atomic E-state index is -0.322. The first-order chi connectivity index (χ1) is 17.6. The number of aromatic nitrogens is 5. The molecule has 0 radical (unpaired) electrons. The van der Waals surface area contributed by atoms with E-state index in [0.29, 0.717) is 23.3 Å². The Bertz CT molecular complexity index is 1470. The number of carbonyl (C=O) groups is 1. The van der Waals surface area contributed by atoms with E-state index in [-0.39, 0.29) is 17.5 Å². The van der Waals surface area contributed by atoms with Crippen LogP contribution < -0.4 is 5.32 Å². The van der Waals surface area contributed by atoms with Gasteiger partial charge in [0.1, 0.15) is 11.6 Å². The van der Waals surface area contributed by atoms with Crippen LogP contribution in [-0.2, 0) is 11.3 Å². The van der Waals surface area contributed by atoms with Crippen LogP contribution in [0.25, 0.3) is 17.1 Å². The molecule has 0 aliphatic heterocycles. The number of rotatable bonds is 8. The van der Waals surface area contributed by atoms with E-state index in [1.807, 2.05) is 78.2 Å². The minimum Gasteiger partial charge on any atom is -0.310 e. The summed E-state index contributed by atoms with van der Waals surface area (Å²) < 4.78 is 17.1. The number of aryl methyl sites for hydroxylation is 1. The number of nitrogens with one attached hydrogen (secondary N) is 1. The highest BCUT2D eigenvalue weighted by Gasteiger charge is 2.18. The molecule has 1 N–H and O–H groups in total. The molecule has 0 aliphatic carbocycles. The summed E-state index contributed by atoms with van der Waals surface area (Å²) in [5.74, 6) is 0.834. The average Bonchev–Trinajstić information content (AvgIpc) is 3.47. The largest absolute Gasteiger partial charge is 0.310 e. The normalized spacial score (nSPS) is 10.9. The van der Waals surface area contributed by atoms with Crippen LogP contribution in [-0.4, -0.2) is 36.2 Å². The van der Waals surface area contributed by atoms with Crippen LogP contribution >= 0.6 is 11.8 Å². The van der Waals surface area contributed by atoms with Gasteiger partial charge < -0.3 is 5.32 Å². The third-order valence-electron chi connectivity index (χ3n) is 5.43. The highest BCUT2D eigenvalue weighted by atomic mass is 32.2. The van der Waals surface area contributed by atoms with Crippen LogP contribution in [0.3, 0.4) is 0 Å². The molecular weight excluding hydrogens is 475 g/mol. The van der Waals surface area contributed by atoms with Crippen molar-refractivity contribution >= 4 is 23.5 Å². The zero-order chi connectivity index (χ0) is 24.9. The predicted molar refractivity (Wildman–Crippen MR) is 139 cm³/mol. The first kappa shape index (κ1) is 23.5. The molecule has 180 valence electrons. The zero-order valence-corrected chi connectivity index (χ0v) is 20.3. The molecule has 0 fully saturated rings. The van der Waals surface area contributed by atoms with Gasteiger partial charge in [-0.05, 0) is 48.9 Å². The lowest BCUT2D eigenvalue weighted by Gasteiger charge is -2.11. The lowest BCUT2D eigenvalue weighted by atomic mass is 10.2. The number of nitrogens with zero attached hydrogens (tertiary/aromatic N) is 5. The van der Waals surface area contributed by atoms with E-state index >= 15 is 0 Å². The van der Waals surface area contributed by atoms with Gasteiger partial charge in [-0.1, -0.05) is 60.3 Å². The lowest BCUT2D eigenvalue weighted by Crippen LogP contribution is -2.18. The Morgan fingerprint density at radius 3 is 2.36 bits per heavy atom. The Morgan fingerprint density at radius 2 is 1.64 bits per heavy atom.